The van der Waals surface area contributed by atoms with E-state index < -0.39 is 0 Å². The summed E-state index contributed by atoms with van der Waals surface area (Å²) in [6, 6.07) is 12.2. The van der Waals surface area contributed by atoms with Gasteiger partial charge >= 0.3 is 0 Å². The Balaban J connectivity index is 1.36. The molecule has 4 rings (SSSR count). The van der Waals surface area contributed by atoms with Gasteiger partial charge in [0.05, 0.1) is 11.1 Å². The Labute approximate surface area is 193 Å². The van der Waals surface area contributed by atoms with Crippen LogP contribution < -0.4 is 5.32 Å². The van der Waals surface area contributed by atoms with Crippen LogP contribution in [-0.4, -0.2) is 59.1 Å². The van der Waals surface area contributed by atoms with Crippen LogP contribution in [0.25, 0.3) is 0 Å². The van der Waals surface area contributed by atoms with Crippen LogP contribution >= 0.6 is 0 Å². The van der Waals surface area contributed by atoms with Gasteiger partial charge in [0, 0.05) is 36.8 Å². The average Bonchev–Trinajstić information content (AvgIpc) is 3.03. The van der Waals surface area contributed by atoms with Crippen molar-refractivity contribution in [3.63, 3.8) is 0 Å². The number of fused-ring (bicyclic) bond motifs is 1. The van der Waals surface area contributed by atoms with Gasteiger partial charge in [0.2, 0.25) is 0 Å². The maximum atomic E-state index is 12.8. The Bertz CT molecular complexity index is 1100. The standard InChI is InChI=1S/C26H29N3O4/c1-16(2)15-29-25(32)21-9-8-19(14-22(21)26(29)33)23(30)27-20-10-12-28(13-11-20)24(31)18-6-4-17(3)5-7-18/h4-9,14,16,20H,10-13,15H2,1-3H3,(H,27,30). The Hall–Kier alpha value is -3.48. The number of nitrogens with zero attached hydrogens (tertiary/aromatic N) is 2. The van der Waals surface area contributed by atoms with E-state index >= 15 is 0 Å². The van der Waals surface area contributed by atoms with E-state index in [9.17, 15) is 19.2 Å². The minimum absolute atomic E-state index is 0.00697. The first-order valence-electron chi connectivity index (χ1n) is 11.4. The van der Waals surface area contributed by atoms with E-state index in [1.807, 2.05) is 49.9 Å². The molecule has 2 aliphatic rings. The summed E-state index contributed by atoms with van der Waals surface area (Å²) in [7, 11) is 0. The number of nitrogens with one attached hydrogen (secondary N) is 1. The van der Waals surface area contributed by atoms with Gasteiger partial charge in [-0.15, -0.1) is 0 Å². The van der Waals surface area contributed by atoms with Gasteiger partial charge in [-0.1, -0.05) is 31.5 Å². The first-order chi connectivity index (χ1) is 15.7. The van der Waals surface area contributed by atoms with Crippen molar-refractivity contribution in [2.24, 2.45) is 5.92 Å². The Kier molecular flexibility index (Phi) is 6.31. The van der Waals surface area contributed by atoms with Crippen LogP contribution in [-0.2, 0) is 0 Å². The molecule has 0 aliphatic carbocycles. The number of piperidine rings is 1. The molecule has 2 aromatic rings. The van der Waals surface area contributed by atoms with Crippen LogP contribution in [0.5, 0.6) is 0 Å². The van der Waals surface area contributed by atoms with Gasteiger partial charge in [0.15, 0.2) is 0 Å². The largest absolute Gasteiger partial charge is 0.349 e. The molecule has 33 heavy (non-hydrogen) atoms. The Morgan fingerprint density at radius 3 is 2.18 bits per heavy atom. The summed E-state index contributed by atoms with van der Waals surface area (Å²) in [5.41, 5.74) is 2.77. The van der Waals surface area contributed by atoms with E-state index in [4.69, 9.17) is 0 Å². The van der Waals surface area contributed by atoms with Crippen molar-refractivity contribution in [1.82, 2.24) is 15.1 Å². The van der Waals surface area contributed by atoms with Crippen molar-refractivity contribution in [2.75, 3.05) is 19.6 Å². The van der Waals surface area contributed by atoms with Crippen molar-refractivity contribution in [3.05, 3.63) is 70.3 Å². The molecule has 0 saturated carbocycles. The zero-order valence-corrected chi connectivity index (χ0v) is 19.3. The summed E-state index contributed by atoms with van der Waals surface area (Å²) in [5, 5.41) is 3.02. The van der Waals surface area contributed by atoms with Gasteiger partial charge in [-0.2, -0.15) is 0 Å². The molecule has 0 unspecified atom stereocenters. The Morgan fingerprint density at radius 2 is 1.55 bits per heavy atom. The van der Waals surface area contributed by atoms with Gasteiger partial charge in [0.1, 0.15) is 0 Å². The van der Waals surface area contributed by atoms with Crippen LogP contribution in [0.2, 0.25) is 0 Å². The minimum Gasteiger partial charge on any atom is -0.349 e. The van der Waals surface area contributed by atoms with Gasteiger partial charge in [-0.05, 0) is 56.0 Å². The molecule has 0 radical (unpaired) electrons. The lowest BCUT2D eigenvalue weighted by Gasteiger charge is -2.32. The number of carbonyl (C=O) groups excluding carboxylic acids is 4. The molecule has 2 aromatic carbocycles. The second-order valence-corrected chi connectivity index (χ2v) is 9.28. The summed E-state index contributed by atoms with van der Waals surface area (Å²) in [4.78, 5) is 53.8. The number of imide groups is 1. The van der Waals surface area contributed by atoms with Crippen LogP contribution in [0.3, 0.4) is 0 Å². The zero-order chi connectivity index (χ0) is 23.7. The predicted molar refractivity (Wildman–Crippen MR) is 124 cm³/mol. The fourth-order valence-corrected chi connectivity index (χ4v) is 4.34. The van der Waals surface area contributed by atoms with Crippen LogP contribution in [0, 0.1) is 12.8 Å². The molecule has 7 heteroatoms. The van der Waals surface area contributed by atoms with Crippen molar-refractivity contribution in [2.45, 2.75) is 39.7 Å². The predicted octanol–water partition coefficient (Wildman–Crippen LogP) is 3.28. The molecule has 0 bridgehead atoms. The normalized spacial score (nSPS) is 16.4. The molecule has 172 valence electrons. The third kappa shape index (κ3) is 4.67. The van der Waals surface area contributed by atoms with Crippen molar-refractivity contribution < 1.29 is 19.2 Å². The number of hydrogen-bond donors (Lipinski definition) is 1. The maximum absolute atomic E-state index is 12.8. The first-order valence-corrected chi connectivity index (χ1v) is 11.4. The minimum atomic E-state index is -0.346. The van der Waals surface area contributed by atoms with Crippen molar-refractivity contribution >= 4 is 23.6 Å². The second kappa shape index (κ2) is 9.17. The van der Waals surface area contributed by atoms with Gasteiger partial charge in [-0.25, -0.2) is 0 Å². The highest BCUT2D eigenvalue weighted by atomic mass is 16.2. The fraction of sp³-hybridized carbons (Fsp3) is 0.385. The summed E-state index contributed by atoms with van der Waals surface area (Å²) >= 11 is 0. The van der Waals surface area contributed by atoms with Gasteiger partial charge in [-0.3, -0.25) is 24.1 Å². The van der Waals surface area contributed by atoms with E-state index in [-0.39, 0.29) is 41.2 Å². The lowest BCUT2D eigenvalue weighted by molar-refractivity contribution is 0.0634. The highest BCUT2D eigenvalue weighted by molar-refractivity contribution is 6.22. The fourth-order valence-electron chi connectivity index (χ4n) is 4.34. The number of benzene rings is 2. The van der Waals surface area contributed by atoms with Gasteiger partial charge in [0.25, 0.3) is 23.6 Å². The summed E-state index contributed by atoms with van der Waals surface area (Å²) in [5.74, 6) is -0.752. The summed E-state index contributed by atoms with van der Waals surface area (Å²) in [6.07, 6.45) is 1.32. The highest BCUT2D eigenvalue weighted by Gasteiger charge is 2.36. The molecule has 0 aromatic heterocycles. The molecule has 2 heterocycles. The third-order valence-electron chi connectivity index (χ3n) is 6.20. The Morgan fingerprint density at radius 1 is 0.939 bits per heavy atom. The molecule has 4 amide bonds. The third-order valence-corrected chi connectivity index (χ3v) is 6.20. The highest BCUT2D eigenvalue weighted by Crippen LogP contribution is 2.25. The molecular formula is C26H29N3O4. The van der Waals surface area contributed by atoms with E-state index in [1.54, 1.807) is 12.1 Å². The number of likely N-dealkylation sites (tertiary alicyclic amines) is 1. The van der Waals surface area contributed by atoms with E-state index in [2.05, 4.69) is 5.32 Å². The molecule has 1 saturated heterocycles. The smallest absolute Gasteiger partial charge is 0.261 e. The van der Waals surface area contributed by atoms with E-state index in [0.717, 1.165) is 5.56 Å². The maximum Gasteiger partial charge on any atom is 0.261 e. The van der Waals surface area contributed by atoms with E-state index in [0.29, 0.717) is 49.2 Å². The molecule has 1 N–H and O–H groups in total. The zero-order valence-electron chi connectivity index (χ0n) is 19.3. The van der Waals surface area contributed by atoms with Crippen LogP contribution in [0.4, 0.5) is 0 Å². The van der Waals surface area contributed by atoms with E-state index in [1.165, 1.54) is 11.0 Å². The quantitative estimate of drug-likeness (QED) is 0.713. The molecule has 2 aliphatic heterocycles. The van der Waals surface area contributed by atoms with Crippen molar-refractivity contribution in [1.29, 1.82) is 0 Å². The first kappa shape index (κ1) is 22.7. The number of carbonyl (C=O) groups is 4. The number of aryl methyl sites for hydroxylation is 1. The summed E-state index contributed by atoms with van der Waals surface area (Å²) in [6.45, 7) is 7.37. The van der Waals surface area contributed by atoms with Crippen LogP contribution in [0.15, 0.2) is 42.5 Å². The lowest BCUT2D eigenvalue weighted by atomic mass is 10.0. The second-order valence-electron chi connectivity index (χ2n) is 9.28. The van der Waals surface area contributed by atoms with Crippen LogP contribution in [0.1, 0.15) is 73.7 Å². The molecule has 7 nitrogen and oxygen atoms in total. The summed E-state index contributed by atoms with van der Waals surface area (Å²) < 4.78 is 0. The monoisotopic (exact) mass is 447 g/mol. The van der Waals surface area contributed by atoms with Gasteiger partial charge < -0.3 is 10.2 Å². The number of rotatable bonds is 5. The molecule has 0 spiro atoms. The molecule has 0 atom stereocenters. The van der Waals surface area contributed by atoms with Crippen molar-refractivity contribution in [3.8, 4) is 0 Å². The average molecular weight is 448 g/mol. The lowest BCUT2D eigenvalue weighted by Crippen LogP contribution is -2.46. The number of hydrogen-bond acceptors (Lipinski definition) is 4. The molecule has 1 fully saturated rings. The molecular weight excluding hydrogens is 418 g/mol. The topological polar surface area (TPSA) is 86.8 Å². The number of amides is 4. The SMILES string of the molecule is Cc1ccc(C(=O)N2CCC(NC(=O)c3ccc4c(c3)C(=O)N(CC(C)C)C4=O)CC2)cc1.